The summed E-state index contributed by atoms with van der Waals surface area (Å²) in [5.41, 5.74) is 0. The van der Waals surface area contributed by atoms with Crippen LogP contribution in [-0.2, 0) is 0 Å². The molecule has 0 aromatic carbocycles. The largest absolute Gasteiger partial charge is 0.155 e. The molecule has 1 saturated heterocycles. The Morgan fingerprint density at radius 2 is 2.00 bits per heavy atom. The van der Waals surface area contributed by atoms with Crippen molar-refractivity contribution in [2.75, 3.05) is 5.75 Å². The van der Waals surface area contributed by atoms with Crippen LogP contribution in [0.25, 0.3) is 0 Å². The summed E-state index contributed by atoms with van der Waals surface area (Å²) in [4.78, 5) is 0. The van der Waals surface area contributed by atoms with Gasteiger partial charge >= 0.3 is 0 Å². The van der Waals surface area contributed by atoms with E-state index in [9.17, 15) is 0 Å². The van der Waals surface area contributed by atoms with E-state index in [1.807, 2.05) is 0 Å². The normalized spacial score (nSPS) is 46.6. The molecule has 76 valence electrons. The van der Waals surface area contributed by atoms with E-state index in [-0.39, 0.29) is 0 Å². The zero-order valence-corrected chi connectivity index (χ0v) is 9.83. The number of rotatable bonds is 0. The van der Waals surface area contributed by atoms with Gasteiger partial charge in [-0.05, 0) is 43.3 Å². The highest BCUT2D eigenvalue weighted by molar-refractivity contribution is 8.00. The fourth-order valence-corrected chi connectivity index (χ4v) is 4.94. The van der Waals surface area contributed by atoms with Crippen molar-refractivity contribution in [3.8, 4) is 0 Å². The molecule has 3 atom stereocenters. The zero-order valence-electron chi connectivity index (χ0n) is 9.01. The summed E-state index contributed by atoms with van der Waals surface area (Å²) < 4.78 is 0.647. The van der Waals surface area contributed by atoms with Crippen molar-refractivity contribution in [3.05, 3.63) is 0 Å². The standard InChI is InChI=1S/C12H22S/c1-10-6-5-9-13-12(2)8-4-3-7-11(10)12/h10-11H,3-9H2,1-2H3/t10-,11?,12?/m0/s1. The van der Waals surface area contributed by atoms with Gasteiger partial charge < -0.3 is 0 Å². The van der Waals surface area contributed by atoms with Crippen LogP contribution in [0.3, 0.4) is 0 Å². The highest BCUT2D eigenvalue weighted by Crippen LogP contribution is 2.50. The average molecular weight is 198 g/mol. The third-order valence-corrected chi connectivity index (χ3v) is 5.80. The van der Waals surface area contributed by atoms with Crippen LogP contribution in [0.5, 0.6) is 0 Å². The molecule has 0 N–H and O–H groups in total. The van der Waals surface area contributed by atoms with E-state index in [0.29, 0.717) is 4.75 Å². The lowest BCUT2D eigenvalue weighted by Gasteiger charge is -2.42. The predicted molar refractivity (Wildman–Crippen MR) is 61.2 cm³/mol. The summed E-state index contributed by atoms with van der Waals surface area (Å²) in [6.07, 6.45) is 8.89. The van der Waals surface area contributed by atoms with Crippen LogP contribution in [0.4, 0.5) is 0 Å². The van der Waals surface area contributed by atoms with Gasteiger partial charge in [-0.3, -0.25) is 0 Å². The van der Waals surface area contributed by atoms with Gasteiger partial charge in [0.05, 0.1) is 0 Å². The molecule has 13 heavy (non-hydrogen) atoms. The van der Waals surface area contributed by atoms with Gasteiger partial charge in [0.2, 0.25) is 0 Å². The highest BCUT2D eigenvalue weighted by Gasteiger charge is 2.40. The van der Waals surface area contributed by atoms with Gasteiger partial charge in [0, 0.05) is 4.75 Å². The molecule has 0 aromatic rings. The quantitative estimate of drug-likeness (QED) is 0.565. The molecule has 0 spiro atoms. The number of hydrogen-bond donors (Lipinski definition) is 0. The Kier molecular flexibility index (Phi) is 2.92. The predicted octanol–water partition coefficient (Wildman–Crippen LogP) is 4.10. The summed E-state index contributed by atoms with van der Waals surface area (Å²) in [6, 6.07) is 0. The minimum absolute atomic E-state index is 0.647. The summed E-state index contributed by atoms with van der Waals surface area (Å²) in [5, 5.41) is 0. The molecule has 2 rings (SSSR count). The third-order valence-electron chi connectivity index (χ3n) is 4.15. The van der Waals surface area contributed by atoms with Gasteiger partial charge in [-0.15, -0.1) is 0 Å². The van der Waals surface area contributed by atoms with Crippen molar-refractivity contribution in [1.29, 1.82) is 0 Å². The third kappa shape index (κ3) is 1.91. The molecule has 1 aliphatic carbocycles. The monoisotopic (exact) mass is 198 g/mol. The van der Waals surface area contributed by atoms with Gasteiger partial charge in [0.25, 0.3) is 0 Å². The van der Waals surface area contributed by atoms with E-state index in [0.717, 1.165) is 11.8 Å². The van der Waals surface area contributed by atoms with Crippen LogP contribution in [0.1, 0.15) is 52.4 Å². The van der Waals surface area contributed by atoms with Crippen molar-refractivity contribution < 1.29 is 0 Å². The lowest BCUT2D eigenvalue weighted by atomic mass is 9.72. The Morgan fingerprint density at radius 3 is 2.85 bits per heavy atom. The van der Waals surface area contributed by atoms with E-state index < -0.39 is 0 Å². The summed E-state index contributed by atoms with van der Waals surface area (Å²) in [7, 11) is 0. The molecule has 1 aliphatic heterocycles. The molecule has 2 unspecified atom stereocenters. The van der Waals surface area contributed by atoms with Gasteiger partial charge in [0.1, 0.15) is 0 Å². The van der Waals surface area contributed by atoms with Crippen LogP contribution >= 0.6 is 11.8 Å². The van der Waals surface area contributed by atoms with Crippen LogP contribution in [0.15, 0.2) is 0 Å². The molecule has 2 fully saturated rings. The molecule has 0 radical (unpaired) electrons. The Balaban J connectivity index is 2.14. The van der Waals surface area contributed by atoms with Gasteiger partial charge in [-0.1, -0.05) is 26.7 Å². The van der Waals surface area contributed by atoms with Crippen LogP contribution in [0.2, 0.25) is 0 Å². The Morgan fingerprint density at radius 1 is 1.15 bits per heavy atom. The molecule has 2 aliphatic rings. The molecule has 0 bridgehead atoms. The van der Waals surface area contributed by atoms with Gasteiger partial charge in [-0.2, -0.15) is 11.8 Å². The number of thioether (sulfide) groups is 1. The van der Waals surface area contributed by atoms with Crippen molar-refractivity contribution in [3.63, 3.8) is 0 Å². The molecule has 0 nitrogen and oxygen atoms in total. The second-order valence-electron chi connectivity index (χ2n) is 5.13. The van der Waals surface area contributed by atoms with Crippen molar-refractivity contribution in [2.45, 2.75) is 57.1 Å². The number of hydrogen-bond acceptors (Lipinski definition) is 1. The van der Waals surface area contributed by atoms with Crippen LogP contribution in [-0.4, -0.2) is 10.5 Å². The molecule has 0 amide bonds. The average Bonchev–Trinajstić information content (AvgIpc) is 2.26. The fraction of sp³-hybridized carbons (Fsp3) is 1.00. The van der Waals surface area contributed by atoms with Crippen molar-refractivity contribution in [2.24, 2.45) is 11.8 Å². The second kappa shape index (κ2) is 3.84. The second-order valence-corrected chi connectivity index (χ2v) is 6.76. The maximum absolute atomic E-state index is 2.53. The lowest BCUT2D eigenvalue weighted by Crippen LogP contribution is -2.37. The van der Waals surface area contributed by atoms with Crippen molar-refractivity contribution >= 4 is 11.8 Å². The van der Waals surface area contributed by atoms with Gasteiger partial charge in [-0.25, -0.2) is 0 Å². The summed E-state index contributed by atoms with van der Waals surface area (Å²) in [5.74, 6) is 3.42. The first kappa shape index (κ1) is 9.89. The van der Waals surface area contributed by atoms with Crippen LogP contribution < -0.4 is 0 Å². The molecular formula is C12H22S. The SMILES string of the molecule is C[C@H]1CCCSC2(C)CCCCC12. The molecule has 1 heterocycles. The Labute approximate surface area is 86.9 Å². The Hall–Kier alpha value is 0.350. The Bertz CT molecular complexity index is 178. The van der Waals surface area contributed by atoms with Gasteiger partial charge in [0.15, 0.2) is 0 Å². The molecular weight excluding hydrogens is 176 g/mol. The van der Waals surface area contributed by atoms with E-state index >= 15 is 0 Å². The first-order valence-electron chi connectivity index (χ1n) is 5.86. The lowest BCUT2D eigenvalue weighted by molar-refractivity contribution is 0.209. The molecule has 0 aromatic heterocycles. The fourth-order valence-electron chi connectivity index (χ4n) is 3.31. The smallest absolute Gasteiger partial charge is 0.0162 e. The maximum Gasteiger partial charge on any atom is 0.0162 e. The summed E-state index contributed by atoms with van der Waals surface area (Å²) >= 11 is 2.27. The number of fused-ring (bicyclic) bond motifs is 1. The highest BCUT2D eigenvalue weighted by atomic mass is 32.2. The molecule has 1 heteroatoms. The maximum atomic E-state index is 2.53. The van der Waals surface area contributed by atoms with Crippen LogP contribution in [0, 0.1) is 11.8 Å². The van der Waals surface area contributed by atoms with E-state index in [1.54, 1.807) is 0 Å². The first-order valence-corrected chi connectivity index (χ1v) is 6.85. The first-order chi connectivity index (χ1) is 6.22. The van der Waals surface area contributed by atoms with E-state index in [2.05, 4.69) is 25.6 Å². The van der Waals surface area contributed by atoms with E-state index in [1.165, 1.54) is 44.3 Å². The topological polar surface area (TPSA) is 0 Å². The zero-order chi connectivity index (χ0) is 9.31. The summed E-state index contributed by atoms with van der Waals surface area (Å²) in [6.45, 7) is 5.02. The van der Waals surface area contributed by atoms with E-state index in [4.69, 9.17) is 0 Å². The minimum atomic E-state index is 0.647. The molecule has 1 saturated carbocycles. The minimum Gasteiger partial charge on any atom is -0.155 e. The van der Waals surface area contributed by atoms with Crippen molar-refractivity contribution in [1.82, 2.24) is 0 Å².